The van der Waals surface area contributed by atoms with E-state index in [-0.39, 0.29) is 11.0 Å². The zero-order valence-electron chi connectivity index (χ0n) is 13.4. The van der Waals surface area contributed by atoms with Crippen molar-refractivity contribution in [3.8, 4) is 5.75 Å². The molecule has 0 amide bonds. The molecule has 1 unspecified atom stereocenters. The molecule has 0 saturated heterocycles. The van der Waals surface area contributed by atoms with Gasteiger partial charge in [0.05, 0.1) is 4.47 Å². The number of hydrogen-bond donors (Lipinski definition) is 2. The van der Waals surface area contributed by atoms with Gasteiger partial charge in [0.1, 0.15) is 5.75 Å². The van der Waals surface area contributed by atoms with Crippen molar-refractivity contribution >= 4 is 21.6 Å². The minimum atomic E-state index is -5.56. The van der Waals surface area contributed by atoms with Gasteiger partial charge in [0.15, 0.2) is 0 Å². The predicted molar refractivity (Wildman–Crippen MR) is 88.7 cm³/mol. The molecule has 0 aromatic heterocycles. The summed E-state index contributed by atoms with van der Waals surface area (Å²) >= 11 is 2.96. The summed E-state index contributed by atoms with van der Waals surface area (Å²) in [4.78, 5) is 0. The minimum absolute atomic E-state index is 0.000366. The summed E-state index contributed by atoms with van der Waals surface area (Å²) in [5.74, 6) is -0.548. The van der Waals surface area contributed by atoms with Gasteiger partial charge >= 0.3 is 18.8 Å². The van der Waals surface area contributed by atoms with Crippen LogP contribution in [0.4, 0.5) is 32.0 Å². The highest BCUT2D eigenvalue weighted by molar-refractivity contribution is 9.10. The number of benzene rings is 2. The van der Waals surface area contributed by atoms with E-state index < -0.39 is 24.6 Å². The second kappa shape index (κ2) is 8.81. The summed E-state index contributed by atoms with van der Waals surface area (Å²) in [7, 11) is 0. The maximum absolute atomic E-state index is 13.4. The van der Waals surface area contributed by atoms with E-state index in [1.165, 1.54) is 12.1 Å². The Hall–Kier alpha value is -1.98. The van der Waals surface area contributed by atoms with Gasteiger partial charge in [-0.3, -0.25) is 0 Å². The first-order valence-electron chi connectivity index (χ1n) is 7.34. The molecule has 0 aliphatic rings. The molecule has 27 heavy (non-hydrogen) atoms. The van der Waals surface area contributed by atoms with E-state index in [2.05, 4.69) is 36.3 Å². The van der Waals surface area contributed by atoms with Crippen LogP contribution in [0.3, 0.4) is 0 Å². The number of hydrogen-bond acceptors (Lipinski definition) is 4. The fourth-order valence-corrected chi connectivity index (χ4v) is 2.39. The van der Waals surface area contributed by atoms with Crippen molar-refractivity contribution in [1.82, 2.24) is 5.43 Å². The Bertz CT molecular complexity index is 745. The quantitative estimate of drug-likeness (QED) is 0.412. The van der Waals surface area contributed by atoms with Crippen LogP contribution in [0, 0.1) is 0 Å². The van der Waals surface area contributed by atoms with Gasteiger partial charge in [0.2, 0.25) is 0 Å². The lowest BCUT2D eigenvalue weighted by Gasteiger charge is -2.23. The second-order valence-corrected chi connectivity index (χ2v) is 6.01. The monoisotopic (exact) mass is 458 g/mol. The molecule has 148 valence electrons. The summed E-state index contributed by atoms with van der Waals surface area (Å²) in [6.07, 6.45) is -14.4. The SMILES string of the molecule is FC(OC(F)(F)F)C(F)(F)Oc1ccc(CNNc2ccccc2)cc1Br. The molecule has 0 aliphatic carbocycles. The number of hydrazine groups is 1. The first-order chi connectivity index (χ1) is 12.6. The van der Waals surface area contributed by atoms with Crippen LogP contribution in [0.1, 0.15) is 5.56 Å². The first-order valence-corrected chi connectivity index (χ1v) is 8.14. The van der Waals surface area contributed by atoms with E-state index >= 15 is 0 Å². The average molecular weight is 459 g/mol. The van der Waals surface area contributed by atoms with E-state index in [0.717, 1.165) is 11.8 Å². The maximum Gasteiger partial charge on any atom is 0.525 e. The highest BCUT2D eigenvalue weighted by Crippen LogP contribution is 2.35. The van der Waals surface area contributed by atoms with Gasteiger partial charge in [-0.05, 0) is 45.8 Å². The predicted octanol–water partition coefficient (Wildman–Crippen LogP) is 5.37. The van der Waals surface area contributed by atoms with Gasteiger partial charge in [-0.1, -0.05) is 24.3 Å². The van der Waals surface area contributed by atoms with Gasteiger partial charge in [0, 0.05) is 12.2 Å². The zero-order chi connectivity index (χ0) is 20.1. The fraction of sp³-hybridized carbons (Fsp3) is 0.250. The van der Waals surface area contributed by atoms with Crippen LogP contribution >= 0.6 is 15.9 Å². The first kappa shape index (κ1) is 21.3. The standard InChI is InChI=1S/C16H13BrF6N2O2/c17-12-8-10(9-24-25-11-4-2-1-3-5-11)6-7-13(12)26-15(19,20)14(18)27-16(21,22)23/h1-8,14,24-25H,9H2. The number of rotatable bonds is 8. The lowest BCUT2D eigenvalue weighted by atomic mass is 10.2. The molecular formula is C16H13BrF6N2O2. The molecule has 0 aliphatic heterocycles. The van der Waals surface area contributed by atoms with Crippen molar-refractivity contribution in [1.29, 1.82) is 0 Å². The zero-order valence-corrected chi connectivity index (χ0v) is 15.0. The summed E-state index contributed by atoms with van der Waals surface area (Å²) in [6.45, 7) is 0.285. The van der Waals surface area contributed by atoms with Crippen LogP contribution in [0.2, 0.25) is 0 Å². The molecule has 0 spiro atoms. The van der Waals surface area contributed by atoms with Crippen molar-refractivity contribution in [3.05, 3.63) is 58.6 Å². The number of alkyl halides is 6. The third kappa shape index (κ3) is 6.92. The molecule has 2 rings (SSSR count). The third-order valence-electron chi connectivity index (χ3n) is 3.04. The van der Waals surface area contributed by atoms with E-state index in [9.17, 15) is 26.3 Å². The van der Waals surface area contributed by atoms with Crippen LogP contribution in [0.15, 0.2) is 53.0 Å². The topological polar surface area (TPSA) is 42.5 Å². The molecule has 2 aromatic rings. The van der Waals surface area contributed by atoms with E-state index in [1.807, 2.05) is 30.3 Å². The van der Waals surface area contributed by atoms with Gasteiger partial charge in [-0.2, -0.15) is 8.78 Å². The van der Waals surface area contributed by atoms with Crippen LogP contribution < -0.4 is 15.6 Å². The second-order valence-electron chi connectivity index (χ2n) is 5.15. The van der Waals surface area contributed by atoms with Gasteiger partial charge in [0.25, 0.3) is 0 Å². The lowest BCUT2D eigenvalue weighted by Crippen LogP contribution is -2.41. The van der Waals surface area contributed by atoms with Crippen molar-refractivity contribution in [2.24, 2.45) is 0 Å². The smallest absolute Gasteiger partial charge is 0.427 e. The average Bonchev–Trinajstić information content (AvgIpc) is 2.56. The van der Waals surface area contributed by atoms with Gasteiger partial charge in [-0.25, -0.2) is 14.6 Å². The fourth-order valence-electron chi connectivity index (χ4n) is 1.89. The number of anilines is 1. The van der Waals surface area contributed by atoms with E-state index in [0.29, 0.717) is 5.56 Å². The third-order valence-corrected chi connectivity index (χ3v) is 3.66. The Morgan fingerprint density at radius 3 is 2.26 bits per heavy atom. The lowest BCUT2D eigenvalue weighted by molar-refractivity contribution is -0.411. The Balaban J connectivity index is 1.95. The molecule has 2 aromatic carbocycles. The molecule has 4 nitrogen and oxygen atoms in total. The highest BCUT2D eigenvalue weighted by atomic mass is 79.9. The Morgan fingerprint density at radius 2 is 1.67 bits per heavy atom. The summed E-state index contributed by atoms with van der Waals surface area (Å²) < 4.78 is 82.3. The van der Waals surface area contributed by atoms with Gasteiger partial charge < -0.3 is 10.2 Å². The molecule has 0 bridgehead atoms. The molecule has 0 fully saturated rings. The highest BCUT2D eigenvalue weighted by Gasteiger charge is 2.50. The van der Waals surface area contributed by atoms with Crippen LogP contribution in [0.5, 0.6) is 5.75 Å². The number of ether oxygens (including phenoxy) is 2. The molecule has 2 N–H and O–H groups in total. The largest absolute Gasteiger partial charge is 0.525 e. The van der Waals surface area contributed by atoms with Crippen molar-refractivity contribution in [3.63, 3.8) is 0 Å². The minimum Gasteiger partial charge on any atom is -0.427 e. The number of para-hydroxylation sites is 1. The van der Waals surface area contributed by atoms with Gasteiger partial charge in [-0.15, -0.1) is 13.2 Å². The van der Waals surface area contributed by atoms with Crippen molar-refractivity contribution in [2.45, 2.75) is 25.4 Å². The van der Waals surface area contributed by atoms with E-state index in [1.54, 1.807) is 0 Å². The molecule has 0 heterocycles. The Labute approximate surface area is 158 Å². The van der Waals surface area contributed by atoms with Crippen LogP contribution in [-0.2, 0) is 11.3 Å². The number of nitrogens with one attached hydrogen (secondary N) is 2. The normalized spacial score (nSPS) is 13.3. The van der Waals surface area contributed by atoms with Crippen molar-refractivity contribution < 1.29 is 35.8 Å². The molecule has 0 radical (unpaired) electrons. The molecule has 1 atom stereocenters. The Morgan fingerprint density at radius 1 is 1.00 bits per heavy atom. The molecule has 11 heteroatoms. The summed E-state index contributed by atoms with van der Waals surface area (Å²) in [5.41, 5.74) is 7.23. The summed E-state index contributed by atoms with van der Waals surface area (Å²) in [5, 5.41) is 0. The van der Waals surface area contributed by atoms with Crippen LogP contribution in [0.25, 0.3) is 0 Å². The summed E-state index contributed by atoms with van der Waals surface area (Å²) in [6, 6.07) is 13.0. The number of halogens is 7. The maximum atomic E-state index is 13.4. The van der Waals surface area contributed by atoms with Crippen LogP contribution in [-0.4, -0.2) is 18.8 Å². The Kier molecular flexibility index (Phi) is 6.95. The molecular weight excluding hydrogens is 446 g/mol. The molecule has 0 saturated carbocycles. The van der Waals surface area contributed by atoms with Crippen molar-refractivity contribution in [2.75, 3.05) is 5.43 Å². The van der Waals surface area contributed by atoms with E-state index in [4.69, 9.17) is 0 Å².